The monoisotopic (exact) mass is 289 g/mol. The van der Waals surface area contributed by atoms with Crippen molar-refractivity contribution in [3.63, 3.8) is 0 Å². The average molecular weight is 289 g/mol. The lowest BCUT2D eigenvalue weighted by atomic mass is 10.2. The van der Waals surface area contributed by atoms with Gasteiger partial charge in [0.15, 0.2) is 12.6 Å². The number of benzene rings is 1. The summed E-state index contributed by atoms with van der Waals surface area (Å²) in [6.07, 6.45) is -4.32. The van der Waals surface area contributed by atoms with E-state index in [1.807, 2.05) is 6.92 Å². The van der Waals surface area contributed by atoms with Crippen molar-refractivity contribution < 1.29 is 17.9 Å². The summed E-state index contributed by atoms with van der Waals surface area (Å²) in [4.78, 5) is 4.01. The van der Waals surface area contributed by atoms with Gasteiger partial charge in [0.25, 0.3) is 0 Å². The van der Waals surface area contributed by atoms with Gasteiger partial charge in [-0.2, -0.15) is 13.2 Å². The lowest BCUT2D eigenvalue weighted by Gasteiger charge is -2.11. The van der Waals surface area contributed by atoms with Crippen LogP contribution >= 0.6 is 0 Å². The molecule has 112 valence electrons. The Bertz CT molecular complexity index is 429. The van der Waals surface area contributed by atoms with E-state index in [1.54, 1.807) is 19.2 Å². The Labute approximate surface area is 116 Å². The predicted molar refractivity (Wildman–Crippen MR) is 71.9 cm³/mol. The molecule has 0 saturated carbocycles. The molecule has 0 spiro atoms. The number of aliphatic imine (C=N–C) groups is 1. The predicted octanol–water partition coefficient (Wildman–Crippen LogP) is 2.31. The van der Waals surface area contributed by atoms with Crippen molar-refractivity contribution in [3.05, 3.63) is 29.8 Å². The zero-order chi connectivity index (χ0) is 15.0. The Morgan fingerprint density at radius 2 is 1.85 bits per heavy atom. The van der Waals surface area contributed by atoms with Gasteiger partial charge in [0.05, 0.1) is 0 Å². The summed E-state index contributed by atoms with van der Waals surface area (Å²) in [5.74, 6) is 0.868. The van der Waals surface area contributed by atoms with E-state index in [4.69, 9.17) is 0 Å². The first-order valence-corrected chi connectivity index (χ1v) is 6.17. The number of nitrogens with zero attached hydrogens (tertiary/aromatic N) is 1. The van der Waals surface area contributed by atoms with Gasteiger partial charge in [-0.25, -0.2) is 0 Å². The summed E-state index contributed by atoms with van der Waals surface area (Å²) in [6.45, 7) is 1.96. The van der Waals surface area contributed by atoms with Crippen LogP contribution in [0.15, 0.2) is 29.3 Å². The quantitative estimate of drug-likeness (QED) is 0.646. The zero-order valence-electron chi connectivity index (χ0n) is 11.4. The van der Waals surface area contributed by atoms with Crippen molar-refractivity contribution in [1.29, 1.82) is 0 Å². The molecule has 1 rings (SSSR count). The highest BCUT2D eigenvalue weighted by Gasteiger charge is 2.28. The molecule has 0 aliphatic rings. The van der Waals surface area contributed by atoms with Crippen LogP contribution in [0.5, 0.6) is 5.75 Å². The first-order chi connectivity index (χ1) is 9.44. The van der Waals surface area contributed by atoms with Crippen LogP contribution < -0.4 is 15.4 Å². The molecule has 0 aromatic heterocycles. The molecule has 7 heteroatoms. The van der Waals surface area contributed by atoms with Gasteiger partial charge in [0.2, 0.25) is 0 Å². The van der Waals surface area contributed by atoms with E-state index in [-0.39, 0.29) is 5.75 Å². The first kappa shape index (κ1) is 16.1. The van der Waals surface area contributed by atoms with Gasteiger partial charge in [-0.15, -0.1) is 0 Å². The highest BCUT2D eigenvalue weighted by Crippen LogP contribution is 2.18. The maximum Gasteiger partial charge on any atom is 0.422 e. The molecule has 1 aromatic rings. The lowest BCUT2D eigenvalue weighted by molar-refractivity contribution is -0.153. The Morgan fingerprint density at radius 1 is 1.20 bits per heavy atom. The number of hydrogen-bond acceptors (Lipinski definition) is 2. The summed E-state index contributed by atoms with van der Waals surface area (Å²) in [5.41, 5.74) is 0.920. The molecule has 0 amide bonds. The molecule has 0 unspecified atom stereocenters. The van der Waals surface area contributed by atoms with E-state index < -0.39 is 12.8 Å². The molecule has 0 bridgehead atoms. The molecule has 0 atom stereocenters. The summed E-state index contributed by atoms with van der Waals surface area (Å²) in [7, 11) is 1.67. The Kier molecular flexibility index (Phi) is 6.14. The molecular formula is C13H18F3N3O. The van der Waals surface area contributed by atoms with E-state index in [2.05, 4.69) is 20.4 Å². The van der Waals surface area contributed by atoms with E-state index in [0.717, 1.165) is 12.1 Å². The van der Waals surface area contributed by atoms with Crippen LogP contribution in [-0.4, -0.2) is 32.3 Å². The van der Waals surface area contributed by atoms with E-state index in [0.29, 0.717) is 12.5 Å². The SMILES string of the molecule is CCNC(=NC)NCc1ccc(OCC(F)(F)F)cc1. The van der Waals surface area contributed by atoms with Crippen LogP contribution in [0.1, 0.15) is 12.5 Å². The molecule has 0 aliphatic heterocycles. The number of hydrogen-bond donors (Lipinski definition) is 2. The number of alkyl halides is 3. The van der Waals surface area contributed by atoms with Crippen molar-refractivity contribution in [2.24, 2.45) is 4.99 Å². The fourth-order valence-electron chi connectivity index (χ4n) is 1.44. The molecule has 0 radical (unpaired) electrons. The van der Waals surface area contributed by atoms with E-state index >= 15 is 0 Å². The van der Waals surface area contributed by atoms with Crippen molar-refractivity contribution in [2.45, 2.75) is 19.6 Å². The molecule has 0 aliphatic carbocycles. The minimum absolute atomic E-state index is 0.196. The van der Waals surface area contributed by atoms with Crippen LogP contribution in [0.3, 0.4) is 0 Å². The minimum Gasteiger partial charge on any atom is -0.484 e. The summed E-state index contributed by atoms with van der Waals surface area (Å²) in [6, 6.07) is 6.44. The molecule has 20 heavy (non-hydrogen) atoms. The van der Waals surface area contributed by atoms with Gasteiger partial charge in [-0.05, 0) is 24.6 Å². The third kappa shape index (κ3) is 6.31. The second kappa shape index (κ2) is 7.62. The molecule has 4 nitrogen and oxygen atoms in total. The van der Waals surface area contributed by atoms with Gasteiger partial charge < -0.3 is 15.4 Å². The average Bonchev–Trinajstić information content (AvgIpc) is 2.41. The summed E-state index contributed by atoms with van der Waals surface area (Å²) >= 11 is 0. The Hall–Kier alpha value is -1.92. The number of guanidine groups is 1. The summed E-state index contributed by atoms with van der Waals surface area (Å²) in [5, 5.41) is 6.12. The second-order valence-electron chi connectivity index (χ2n) is 4.00. The fourth-order valence-corrected chi connectivity index (χ4v) is 1.44. The van der Waals surface area contributed by atoms with E-state index in [1.165, 1.54) is 12.1 Å². The number of rotatable bonds is 5. The van der Waals surface area contributed by atoms with Crippen molar-refractivity contribution >= 4 is 5.96 Å². The molecule has 0 heterocycles. The molecule has 0 saturated heterocycles. The van der Waals surface area contributed by atoms with E-state index in [9.17, 15) is 13.2 Å². The van der Waals surface area contributed by atoms with Crippen LogP contribution in [0, 0.1) is 0 Å². The third-order valence-electron chi connectivity index (χ3n) is 2.35. The van der Waals surface area contributed by atoms with Gasteiger partial charge >= 0.3 is 6.18 Å². The molecular weight excluding hydrogens is 271 g/mol. The normalized spacial score (nSPS) is 12.2. The minimum atomic E-state index is -4.32. The number of nitrogens with one attached hydrogen (secondary N) is 2. The largest absolute Gasteiger partial charge is 0.484 e. The third-order valence-corrected chi connectivity index (χ3v) is 2.35. The standard InChI is InChI=1S/C13H18F3N3O/c1-3-18-12(17-2)19-8-10-4-6-11(7-5-10)20-9-13(14,15)16/h4-7H,3,8-9H2,1-2H3,(H2,17,18,19). The number of ether oxygens (including phenoxy) is 1. The highest BCUT2D eigenvalue weighted by atomic mass is 19.4. The van der Waals surface area contributed by atoms with Crippen LogP contribution in [-0.2, 0) is 6.54 Å². The van der Waals surface area contributed by atoms with Crippen molar-refractivity contribution in [3.8, 4) is 5.75 Å². The van der Waals surface area contributed by atoms with Crippen LogP contribution in [0.4, 0.5) is 13.2 Å². The van der Waals surface area contributed by atoms with Gasteiger partial charge in [-0.3, -0.25) is 4.99 Å². The maximum atomic E-state index is 12.0. The maximum absolute atomic E-state index is 12.0. The van der Waals surface area contributed by atoms with Gasteiger partial charge in [-0.1, -0.05) is 12.1 Å². The summed E-state index contributed by atoms with van der Waals surface area (Å²) < 4.78 is 40.6. The van der Waals surface area contributed by atoms with Crippen molar-refractivity contribution in [1.82, 2.24) is 10.6 Å². The van der Waals surface area contributed by atoms with Crippen molar-refractivity contribution in [2.75, 3.05) is 20.2 Å². The van der Waals surface area contributed by atoms with Gasteiger partial charge in [0, 0.05) is 20.1 Å². The first-order valence-electron chi connectivity index (χ1n) is 6.17. The highest BCUT2D eigenvalue weighted by molar-refractivity contribution is 5.79. The smallest absolute Gasteiger partial charge is 0.422 e. The zero-order valence-corrected chi connectivity index (χ0v) is 11.4. The lowest BCUT2D eigenvalue weighted by Crippen LogP contribution is -2.36. The van der Waals surface area contributed by atoms with Crippen LogP contribution in [0.2, 0.25) is 0 Å². The Morgan fingerprint density at radius 3 is 2.35 bits per heavy atom. The topological polar surface area (TPSA) is 45.7 Å². The van der Waals surface area contributed by atoms with Gasteiger partial charge in [0.1, 0.15) is 5.75 Å². The fraction of sp³-hybridized carbons (Fsp3) is 0.462. The molecule has 1 aromatic carbocycles. The second-order valence-corrected chi connectivity index (χ2v) is 4.00. The molecule has 0 fully saturated rings. The van der Waals surface area contributed by atoms with Crippen LogP contribution in [0.25, 0.3) is 0 Å². The number of halogens is 3. The Balaban J connectivity index is 2.46. The molecule has 2 N–H and O–H groups in total.